The summed E-state index contributed by atoms with van der Waals surface area (Å²) in [6.45, 7) is -0.424. The van der Waals surface area contributed by atoms with Crippen LogP contribution in [0, 0.1) is 5.92 Å². The van der Waals surface area contributed by atoms with Crippen molar-refractivity contribution >= 4 is 33.1 Å². The number of nitrogens with zero attached hydrogens (tertiary/aromatic N) is 5. The molecule has 0 spiro atoms. The second-order valence-electron chi connectivity index (χ2n) is 7.76. The molecule has 1 aliphatic heterocycles. The van der Waals surface area contributed by atoms with E-state index in [1.54, 1.807) is 6.92 Å². The third-order valence-corrected chi connectivity index (χ3v) is 7.16. The number of rotatable bonds is 10. The average Bonchev–Trinajstić information content (AvgIpc) is 3.28. The van der Waals surface area contributed by atoms with Crippen LogP contribution in [0.4, 0.5) is 20.5 Å². The summed E-state index contributed by atoms with van der Waals surface area (Å²) in [6.07, 6.45) is 3.47. The first kappa shape index (κ1) is 22.0. The van der Waals surface area contributed by atoms with Gasteiger partial charge in [-0.2, -0.15) is 31.5 Å². The van der Waals surface area contributed by atoms with Crippen molar-refractivity contribution in [3.63, 3.8) is 0 Å². The van der Waals surface area contributed by atoms with Gasteiger partial charge in [-0.15, -0.1) is 0 Å². The van der Waals surface area contributed by atoms with Gasteiger partial charge in [-0.3, -0.25) is 4.57 Å². The Morgan fingerprint density at radius 1 is 1.29 bits per heavy atom. The van der Waals surface area contributed by atoms with Crippen LogP contribution in [-0.4, -0.2) is 75.7 Å². The SMILES string of the molecule is CCNS(=O)(=O)N1CC[C@H](Nc2nc(N[C@@H](CO)C3CC3)nc3c2ncn3C(F)F)C1. The molecule has 31 heavy (non-hydrogen) atoms. The average molecular weight is 461 g/mol. The lowest BCUT2D eigenvalue weighted by molar-refractivity contribution is 0.0740. The minimum absolute atomic E-state index is 0.0439. The smallest absolute Gasteiger partial charge is 0.321 e. The van der Waals surface area contributed by atoms with Crippen LogP contribution in [0.25, 0.3) is 11.2 Å². The summed E-state index contributed by atoms with van der Waals surface area (Å²) < 4.78 is 55.7. The maximum absolute atomic E-state index is 13.4. The number of nitrogens with one attached hydrogen (secondary N) is 3. The van der Waals surface area contributed by atoms with E-state index in [2.05, 4.69) is 30.3 Å². The fourth-order valence-corrected chi connectivity index (χ4v) is 5.00. The van der Waals surface area contributed by atoms with Crippen LogP contribution >= 0.6 is 0 Å². The monoisotopic (exact) mass is 460 g/mol. The molecular weight excluding hydrogens is 434 g/mol. The first-order valence-corrected chi connectivity index (χ1v) is 11.7. The lowest BCUT2D eigenvalue weighted by atomic mass is 10.2. The predicted molar refractivity (Wildman–Crippen MR) is 110 cm³/mol. The van der Waals surface area contributed by atoms with E-state index >= 15 is 0 Å². The maximum atomic E-state index is 13.4. The first-order chi connectivity index (χ1) is 14.8. The van der Waals surface area contributed by atoms with E-state index < -0.39 is 16.8 Å². The lowest BCUT2D eigenvalue weighted by Crippen LogP contribution is -2.40. The zero-order valence-corrected chi connectivity index (χ0v) is 17.8. The summed E-state index contributed by atoms with van der Waals surface area (Å²) in [6, 6.07) is -0.534. The Morgan fingerprint density at radius 3 is 2.71 bits per heavy atom. The van der Waals surface area contributed by atoms with Crippen molar-refractivity contribution in [3.05, 3.63) is 6.33 Å². The van der Waals surface area contributed by atoms with Gasteiger partial charge in [0.1, 0.15) is 6.33 Å². The van der Waals surface area contributed by atoms with E-state index in [1.165, 1.54) is 4.31 Å². The summed E-state index contributed by atoms with van der Waals surface area (Å²) in [5.41, 5.74) is 0.128. The Labute approximate surface area is 178 Å². The minimum Gasteiger partial charge on any atom is -0.394 e. The summed E-state index contributed by atoms with van der Waals surface area (Å²) in [5.74, 6) is 0.644. The Morgan fingerprint density at radius 2 is 2.06 bits per heavy atom. The van der Waals surface area contributed by atoms with E-state index in [1.807, 2.05) is 0 Å². The van der Waals surface area contributed by atoms with Crippen molar-refractivity contribution in [2.75, 3.05) is 36.9 Å². The van der Waals surface area contributed by atoms with Crippen LogP contribution < -0.4 is 15.4 Å². The minimum atomic E-state index is -3.56. The zero-order valence-electron chi connectivity index (χ0n) is 17.0. The molecular formula is C17H26F2N8O3S. The normalized spacial score (nSPS) is 21.1. The number of halogens is 2. The van der Waals surface area contributed by atoms with Gasteiger partial charge in [0.05, 0.1) is 12.6 Å². The molecule has 172 valence electrons. The molecule has 11 nitrogen and oxygen atoms in total. The molecule has 2 aromatic rings. The summed E-state index contributed by atoms with van der Waals surface area (Å²) in [5, 5.41) is 15.8. The van der Waals surface area contributed by atoms with Crippen LogP contribution in [-0.2, 0) is 10.2 Å². The zero-order chi connectivity index (χ0) is 22.2. The molecule has 1 aliphatic carbocycles. The molecule has 14 heteroatoms. The highest BCUT2D eigenvalue weighted by atomic mass is 32.2. The number of aromatic nitrogens is 4. The van der Waals surface area contributed by atoms with Gasteiger partial charge in [0.2, 0.25) is 5.95 Å². The van der Waals surface area contributed by atoms with E-state index in [0.29, 0.717) is 23.5 Å². The second kappa shape index (κ2) is 8.76. The van der Waals surface area contributed by atoms with Crippen molar-refractivity contribution in [3.8, 4) is 0 Å². The third kappa shape index (κ3) is 4.71. The van der Waals surface area contributed by atoms with Crippen molar-refractivity contribution in [1.82, 2.24) is 28.5 Å². The lowest BCUT2D eigenvalue weighted by Gasteiger charge is -2.19. The van der Waals surface area contributed by atoms with Crippen LogP contribution in [0.3, 0.4) is 0 Å². The topological polar surface area (TPSA) is 137 Å². The van der Waals surface area contributed by atoms with Gasteiger partial charge in [-0.05, 0) is 25.2 Å². The Bertz CT molecular complexity index is 1030. The third-order valence-electron chi connectivity index (χ3n) is 5.49. The number of aliphatic hydroxyl groups is 1. The molecule has 3 heterocycles. The molecule has 0 amide bonds. The molecule has 0 radical (unpaired) electrons. The Balaban J connectivity index is 1.60. The number of anilines is 2. The molecule has 2 fully saturated rings. The van der Waals surface area contributed by atoms with Crippen molar-refractivity contribution < 1.29 is 22.3 Å². The molecule has 4 N–H and O–H groups in total. The highest BCUT2D eigenvalue weighted by Gasteiger charge is 2.33. The van der Waals surface area contributed by atoms with E-state index in [-0.39, 0.29) is 54.7 Å². The van der Waals surface area contributed by atoms with Crippen LogP contribution in [0.2, 0.25) is 0 Å². The Hall–Kier alpha value is -2.16. The van der Waals surface area contributed by atoms with Gasteiger partial charge in [-0.1, -0.05) is 6.92 Å². The van der Waals surface area contributed by atoms with Gasteiger partial charge < -0.3 is 15.7 Å². The number of alkyl halides is 2. The number of fused-ring (bicyclic) bond motifs is 1. The molecule has 2 aromatic heterocycles. The first-order valence-electron chi connectivity index (χ1n) is 10.2. The Kier molecular flexibility index (Phi) is 6.23. The largest absolute Gasteiger partial charge is 0.394 e. The number of aliphatic hydroxyl groups excluding tert-OH is 1. The molecule has 1 saturated heterocycles. The standard InChI is InChI=1S/C17H26F2N8O3S/c1-2-21-31(29,30)26-6-5-11(7-26)22-14-13-15(27(9-20-13)16(18)19)25-17(24-14)23-12(8-28)10-3-4-10/h9-12,16,21,28H,2-8H2,1H3,(H2,22,23,24,25)/t11-,12-/m0/s1. The van der Waals surface area contributed by atoms with E-state index in [4.69, 9.17) is 0 Å². The predicted octanol–water partition coefficient (Wildman–Crippen LogP) is 0.745. The van der Waals surface area contributed by atoms with Crippen LogP contribution in [0.1, 0.15) is 32.7 Å². The number of hydrogen-bond acceptors (Lipinski definition) is 8. The molecule has 0 bridgehead atoms. The van der Waals surface area contributed by atoms with Crippen molar-refractivity contribution in [1.29, 1.82) is 0 Å². The van der Waals surface area contributed by atoms with Gasteiger partial charge in [0, 0.05) is 25.7 Å². The quantitative estimate of drug-likeness (QED) is 0.408. The number of hydrogen-bond donors (Lipinski definition) is 4. The molecule has 0 unspecified atom stereocenters. The van der Waals surface area contributed by atoms with Gasteiger partial charge >= 0.3 is 6.55 Å². The molecule has 2 atom stereocenters. The molecule has 2 aliphatic rings. The maximum Gasteiger partial charge on any atom is 0.321 e. The molecule has 4 rings (SSSR count). The van der Waals surface area contributed by atoms with Crippen molar-refractivity contribution in [2.24, 2.45) is 5.92 Å². The van der Waals surface area contributed by atoms with Crippen LogP contribution in [0.5, 0.6) is 0 Å². The van der Waals surface area contributed by atoms with E-state index in [9.17, 15) is 22.3 Å². The second-order valence-corrected chi connectivity index (χ2v) is 9.51. The van der Waals surface area contributed by atoms with Crippen LogP contribution in [0.15, 0.2) is 6.33 Å². The fraction of sp³-hybridized carbons (Fsp3) is 0.706. The van der Waals surface area contributed by atoms with Gasteiger partial charge in [-0.25, -0.2) is 9.71 Å². The van der Waals surface area contributed by atoms with E-state index in [0.717, 1.165) is 19.2 Å². The fourth-order valence-electron chi connectivity index (χ4n) is 3.73. The summed E-state index contributed by atoms with van der Waals surface area (Å²) in [4.78, 5) is 12.6. The summed E-state index contributed by atoms with van der Waals surface area (Å²) >= 11 is 0. The van der Waals surface area contributed by atoms with Crippen molar-refractivity contribution in [2.45, 2.75) is 44.8 Å². The van der Waals surface area contributed by atoms with Gasteiger partial charge in [0.25, 0.3) is 10.2 Å². The highest BCUT2D eigenvalue weighted by molar-refractivity contribution is 7.87. The summed E-state index contributed by atoms with van der Waals surface area (Å²) in [7, 11) is -3.56. The molecule has 1 saturated carbocycles. The number of imidazole rings is 1. The molecule has 0 aromatic carbocycles. The highest BCUT2D eigenvalue weighted by Crippen LogP contribution is 2.34. The van der Waals surface area contributed by atoms with Gasteiger partial charge in [0.15, 0.2) is 17.0 Å².